The molecule has 8 heteroatoms. The van der Waals surface area contributed by atoms with Gasteiger partial charge in [-0.2, -0.15) is 0 Å². The summed E-state index contributed by atoms with van der Waals surface area (Å²) in [5.41, 5.74) is 1.88. The molecule has 0 aliphatic carbocycles. The number of nitrogens with one attached hydrogen (secondary N) is 1. The molecule has 0 spiro atoms. The van der Waals surface area contributed by atoms with E-state index in [0.717, 1.165) is 5.56 Å². The molecule has 174 valence electrons. The van der Waals surface area contributed by atoms with E-state index in [-0.39, 0.29) is 11.6 Å². The highest BCUT2D eigenvalue weighted by atomic mass is 35.5. The van der Waals surface area contributed by atoms with Crippen molar-refractivity contribution in [3.63, 3.8) is 0 Å². The third-order valence-electron chi connectivity index (χ3n) is 5.64. The smallest absolute Gasteiger partial charge is 0.310 e. The number of urea groups is 1. The lowest BCUT2D eigenvalue weighted by Crippen LogP contribution is -2.39. The molecule has 1 atom stereocenters. The van der Waals surface area contributed by atoms with E-state index in [1.54, 1.807) is 51.9 Å². The fraction of sp³-hybridized carbons (Fsp3) is 0.192. The topological polar surface area (TPSA) is 67.2 Å². The fourth-order valence-electron chi connectivity index (χ4n) is 3.90. The molecule has 2 amide bonds. The molecular weight excluding hydrogens is 471 g/mol. The van der Waals surface area contributed by atoms with Crippen molar-refractivity contribution in [3.8, 4) is 0 Å². The van der Waals surface area contributed by atoms with E-state index in [1.807, 2.05) is 44.2 Å². The number of carbonyl (C=O) groups is 1. The number of fused-ring (bicyclic) bond motifs is 1. The van der Waals surface area contributed by atoms with Gasteiger partial charge < -0.3 is 10.2 Å². The van der Waals surface area contributed by atoms with Crippen molar-refractivity contribution in [1.82, 2.24) is 14.5 Å². The monoisotopic (exact) mass is 494 g/mol. The van der Waals surface area contributed by atoms with Crippen LogP contribution < -0.4 is 10.9 Å². The average molecular weight is 495 g/mol. The maximum Gasteiger partial charge on any atom is 0.322 e. The summed E-state index contributed by atoms with van der Waals surface area (Å²) in [4.78, 5) is 33.2. The zero-order valence-corrected chi connectivity index (χ0v) is 20.3. The minimum absolute atomic E-state index is 0.188. The molecule has 0 radical (unpaired) electrons. The van der Waals surface area contributed by atoms with Gasteiger partial charge in [-0.15, -0.1) is 0 Å². The Morgan fingerprint density at radius 2 is 1.76 bits per heavy atom. The molecule has 1 aromatic heterocycles. The Hall–Kier alpha value is -3.35. The van der Waals surface area contributed by atoms with Gasteiger partial charge in [-0.25, -0.2) is 9.78 Å². The quantitative estimate of drug-likeness (QED) is 0.331. The number of aromatic nitrogens is 2. The van der Waals surface area contributed by atoms with Crippen molar-refractivity contribution < 1.29 is 4.79 Å². The van der Waals surface area contributed by atoms with Crippen molar-refractivity contribution in [3.05, 3.63) is 105 Å². The summed E-state index contributed by atoms with van der Waals surface area (Å²) in [5, 5.41) is 4.36. The summed E-state index contributed by atoms with van der Waals surface area (Å²) in [6.45, 7) is 4.48. The number of halogens is 2. The number of anilines is 1. The second kappa shape index (κ2) is 10.3. The molecule has 1 heterocycles. The molecule has 1 N–H and O–H groups in total. The Morgan fingerprint density at radius 1 is 1.03 bits per heavy atom. The normalized spacial score (nSPS) is 11.9. The Kier molecular flexibility index (Phi) is 7.20. The van der Waals surface area contributed by atoms with Crippen molar-refractivity contribution in [2.75, 3.05) is 5.32 Å². The second-order valence-electron chi connectivity index (χ2n) is 7.91. The Labute approximate surface area is 207 Å². The van der Waals surface area contributed by atoms with E-state index < -0.39 is 6.04 Å². The molecule has 6 nitrogen and oxygen atoms in total. The number of nitrogens with zero attached hydrogens (tertiary/aromatic N) is 3. The van der Waals surface area contributed by atoms with Crippen molar-refractivity contribution >= 4 is 45.8 Å². The van der Waals surface area contributed by atoms with Crippen molar-refractivity contribution in [2.45, 2.75) is 33.0 Å². The molecule has 0 saturated carbocycles. The van der Waals surface area contributed by atoms with E-state index in [0.29, 0.717) is 45.5 Å². The molecule has 34 heavy (non-hydrogen) atoms. The number of hydrogen-bond acceptors (Lipinski definition) is 3. The van der Waals surface area contributed by atoms with Gasteiger partial charge in [0.1, 0.15) is 5.82 Å². The molecule has 0 aliphatic heterocycles. The predicted octanol–water partition coefficient (Wildman–Crippen LogP) is 6.52. The number of hydrogen-bond donors (Lipinski definition) is 1. The highest BCUT2D eigenvalue weighted by molar-refractivity contribution is 6.31. The fourth-order valence-corrected chi connectivity index (χ4v) is 4.26. The van der Waals surface area contributed by atoms with Crippen LogP contribution in [0.2, 0.25) is 10.0 Å². The van der Waals surface area contributed by atoms with Crippen LogP contribution in [0, 0.1) is 0 Å². The SMILES string of the molecule is CCn1c(C(C)N(Cc2ccccc2)C(=O)Nc2cccc(Cl)c2)nc2ccc(Cl)cc2c1=O. The summed E-state index contributed by atoms with van der Waals surface area (Å²) in [5.74, 6) is 0.500. The van der Waals surface area contributed by atoms with Gasteiger partial charge in [-0.3, -0.25) is 9.36 Å². The number of rotatable bonds is 6. The van der Waals surface area contributed by atoms with Crippen LogP contribution in [0.5, 0.6) is 0 Å². The van der Waals surface area contributed by atoms with Gasteiger partial charge in [0.2, 0.25) is 0 Å². The molecular formula is C26H24Cl2N4O2. The zero-order chi connectivity index (χ0) is 24.2. The Morgan fingerprint density at radius 3 is 2.47 bits per heavy atom. The van der Waals surface area contributed by atoms with Gasteiger partial charge in [-0.1, -0.05) is 59.6 Å². The van der Waals surface area contributed by atoms with E-state index in [4.69, 9.17) is 28.2 Å². The van der Waals surface area contributed by atoms with Crippen LogP contribution in [0.1, 0.15) is 31.3 Å². The van der Waals surface area contributed by atoms with Crippen LogP contribution in [0.15, 0.2) is 77.6 Å². The minimum atomic E-state index is -0.507. The first-order valence-electron chi connectivity index (χ1n) is 10.9. The molecule has 1 unspecified atom stereocenters. The first-order chi connectivity index (χ1) is 16.4. The van der Waals surface area contributed by atoms with Gasteiger partial charge in [-0.05, 0) is 55.8 Å². The lowest BCUT2D eigenvalue weighted by Gasteiger charge is -2.30. The van der Waals surface area contributed by atoms with E-state index in [1.165, 1.54) is 0 Å². The number of amides is 2. The molecule has 0 saturated heterocycles. The highest BCUT2D eigenvalue weighted by Crippen LogP contribution is 2.25. The average Bonchev–Trinajstić information content (AvgIpc) is 2.83. The minimum Gasteiger partial charge on any atom is -0.310 e. The van der Waals surface area contributed by atoms with Crippen LogP contribution in [0.25, 0.3) is 10.9 Å². The third kappa shape index (κ3) is 5.08. The van der Waals surface area contributed by atoms with E-state index in [9.17, 15) is 9.59 Å². The maximum atomic E-state index is 13.5. The van der Waals surface area contributed by atoms with Gasteiger partial charge in [0.05, 0.1) is 16.9 Å². The molecule has 3 aromatic carbocycles. The van der Waals surface area contributed by atoms with Gasteiger partial charge in [0, 0.05) is 28.8 Å². The summed E-state index contributed by atoms with van der Waals surface area (Å²) in [6.07, 6.45) is 0. The summed E-state index contributed by atoms with van der Waals surface area (Å²) >= 11 is 12.2. The lowest BCUT2D eigenvalue weighted by molar-refractivity contribution is 0.184. The highest BCUT2D eigenvalue weighted by Gasteiger charge is 2.26. The first-order valence-corrected chi connectivity index (χ1v) is 11.7. The lowest BCUT2D eigenvalue weighted by atomic mass is 10.1. The number of benzene rings is 3. The van der Waals surface area contributed by atoms with Gasteiger partial charge >= 0.3 is 6.03 Å². The molecule has 4 rings (SSSR count). The molecule has 0 bridgehead atoms. The standard InChI is InChI=1S/C26H24Cl2N4O2/c1-3-31-24(30-23-13-12-20(28)15-22(23)25(31)33)17(2)32(16-18-8-5-4-6-9-18)26(34)29-21-11-7-10-19(27)14-21/h4-15,17H,3,16H2,1-2H3,(H,29,34). The Balaban J connectivity index is 1.77. The predicted molar refractivity (Wildman–Crippen MR) is 138 cm³/mol. The van der Waals surface area contributed by atoms with Gasteiger partial charge in [0.15, 0.2) is 0 Å². The second-order valence-corrected chi connectivity index (χ2v) is 8.78. The zero-order valence-electron chi connectivity index (χ0n) is 18.8. The third-order valence-corrected chi connectivity index (χ3v) is 6.11. The van der Waals surface area contributed by atoms with Crippen LogP contribution in [-0.2, 0) is 13.1 Å². The van der Waals surface area contributed by atoms with Crippen molar-refractivity contribution in [2.24, 2.45) is 0 Å². The maximum absolute atomic E-state index is 13.5. The summed E-state index contributed by atoms with van der Waals surface area (Å²) < 4.78 is 1.59. The summed E-state index contributed by atoms with van der Waals surface area (Å²) in [7, 11) is 0. The van der Waals surface area contributed by atoms with Crippen molar-refractivity contribution in [1.29, 1.82) is 0 Å². The summed E-state index contributed by atoms with van der Waals surface area (Å²) in [6, 6.07) is 20.9. The van der Waals surface area contributed by atoms with Crippen LogP contribution in [0.3, 0.4) is 0 Å². The molecule has 0 aliphatic rings. The van der Waals surface area contributed by atoms with Crippen LogP contribution in [-0.4, -0.2) is 20.5 Å². The largest absolute Gasteiger partial charge is 0.322 e. The molecule has 4 aromatic rings. The Bertz CT molecular complexity index is 1390. The van der Waals surface area contributed by atoms with Gasteiger partial charge in [0.25, 0.3) is 5.56 Å². The number of carbonyl (C=O) groups excluding carboxylic acids is 1. The van der Waals surface area contributed by atoms with Crippen LogP contribution >= 0.6 is 23.2 Å². The molecule has 0 fully saturated rings. The van der Waals surface area contributed by atoms with E-state index >= 15 is 0 Å². The van der Waals surface area contributed by atoms with E-state index in [2.05, 4.69) is 5.32 Å². The van der Waals surface area contributed by atoms with Crippen LogP contribution in [0.4, 0.5) is 10.5 Å². The first kappa shape index (κ1) is 23.8.